The molecule has 1 aliphatic carbocycles. The van der Waals surface area contributed by atoms with Crippen molar-refractivity contribution >= 4 is 5.97 Å². The third-order valence-electron chi connectivity index (χ3n) is 5.63. The Morgan fingerprint density at radius 1 is 1.33 bits per heavy atom. The number of carbonyl (C=O) groups is 1. The van der Waals surface area contributed by atoms with Crippen molar-refractivity contribution in [2.75, 3.05) is 0 Å². The molecule has 5 atom stereocenters. The van der Waals surface area contributed by atoms with Crippen LogP contribution in [-0.2, 0) is 14.3 Å². The lowest BCUT2D eigenvalue weighted by atomic mass is 9.86. The minimum absolute atomic E-state index is 0.00353. The first-order valence-corrected chi connectivity index (χ1v) is 8.89. The van der Waals surface area contributed by atoms with E-state index < -0.39 is 18.2 Å². The van der Waals surface area contributed by atoms with Gasteiger partial charge in [-0.25, -0.2) is 4.79 Å². The molecule has 2 aliphatic heterocycles. The number of esters is 1. The maximum Gasteiger partial charge on any atom is 0.334 e. The fourth-order valence-corrected chi connectivity index (χ4v) is 3.94. The summed E-state index contributed by atoms with van der Waals surface area (Å²) in [6.07, 6.45) is 7.79. The average molecular weight is 332 g/mol. The lowest BCUT2D eigenvalue weighted by molar-refractivity contribution is -0.137. The molecule has 0 bridgehead atoms. The summed E-state index contributed by atoms with van der Waals surface area (Å²) >= 11 is 0. The Hall–Kier alpha value is -1.39. The van der Waals surface area contributed by atoms with Crippen LogP contribution in [0.15, 0.2) is 35.5 Å². The van der Waals surface area contributed by atoms with Crippen LogP contribution in [0.1, 0.15) is 52.9 Å². The predicted octanol–water partition coefficient (Wildman–Crippen LogP) is 3.46. The normalized spacial score (nSPS) is 45.0. The highest BCUT2D eigenvalue weighted by Gasteiger charge is 2.50. The van der Waals surface area contributed by atoms with Gasteiger partial charge in [0.15, 0.2) is 0 Å². The first-order chi connectivity index (χ1) is 11.3. The number of epoxide rings is 1. The number of aliphatic hydroxyl groups excluding tert-OH is 1. The molecule has 4 heteroatoms. The second-order valence-electron chi connectivity index (χ2n) is 7.75. The number of allylic oxidation sites excluding steroid dienone is 2. The smallest absolute Gasteiger partial charge is 0.334 e. The van der Waals surface area contributed by atoms with Crippen molar-refractivity contribution in [3.05, 3.63) is 35.5 Å². The van der Waals surface area contributed by atoms with Crippen LogP contribution in [0.5, 0.6) is 0 Å². The summed E-state index contributed by atoms with van der Waals surface area (Å²) in [5, 5.41) is 10.7. The standard InChI is InChI=1S/C20H28O4/c1-12-6-5-9-20(4)17(24-20)8-7-13(2)11-16-18(15(21)10-12)14(3)19(22)23-16/h6,11,15-18,21H,3,5,7-10H2,1-2,4H3/b12-6+,13-11+/t15-,16-,17+,18+,20+/m0/s1. The van der Waals surface area contributed by atoms with E-state index in [9.17, 15) is 9.90 Å². The van der Waals surface area contributed by atoms with Gasteiger partial charge in [-0.1, -0.05) is 23.8 Å². The Labute approximate surface area is 144 Å². The third kappa shape index (κ3) is 3.50. The predicted molar refractivity (Wildman–Crippen MR) is 92.4 cm³/mol. The summed E-state index contributed by atoms with van der Waals surface area (Å²) in [4.78, 5) is 11.9. The first kappa shape index (κ1) is 17.4. The van der Waals surface area contributed by atoms with Gasteiger partial charge in [0.1, 0.15) is 6.10 Å². The molecule has 0 aromatic rings. The molecule has 0 saturated carbocycles. The molecule has 0 amide bonds. The van der Waals surface area contributed by atoms with Crippen LogP contribution < -0.4 is 0 Å². The molecule has 2 heterocycles. The van der Waals surface area contributed by atoms with Crippen molar-refractivity contribution < 1.29 is 19.4 Å². The van der Waals surface area contributed by atoms with Gasteiger partial charge < -0.3 is 14.6 Å². The van der Waals surface area contributed by atoms with E-state index >= 15 is 0 Å². The van der Waals surface area contributed by atoms with Gasteiger partial charge in [-0.15, -0.1) is 0 Å². The zero-order chi connectivity index (χ0) is 17.5. The summed E-state index contributed by atoms with van der Waals surface area (Å²) < 4.78 is 11.3. The number of fused-ring (bicyclic) bond motifs is 2. The minimum atomic E-state index is -0.655. The molecule has 2 saturated heterocycles. The lowest BCUT2D eigenvalue weighted by Crippen LogP contribution is -2.28. The molecule has 3 aliphatic rings. The molecule has 132 valence electrons. The molecule has 0 radical (unpaired) electrons. The number of hydrogen-bond donors (Lipinski definition) is 1. The molecule has 0 aromatic carbocycles. The summed E-state index contributed by atoms with van der Waals surface area (Å²) in [5.41, 5.74) is 2.68. The van der Waals surface area contributed by atoms with E-state index in [0.717, 1.165) is 31.3 Å². The fourth-order valence-electron chi connectivity index (χ4n) is 3.94. The van der Waals surface area contributed by atoms with Gasteiger partial charge in [-0.3, -0.25) is 0 Å². The van der Waals surface area contributed by atoms with E-state index in [0.29, 0.717) is 18.1 Å². The Morgan fingerprint density at radius 2 is 2.08 bits per heavy atom. The van der Waals surface area contributed by atoms with Crippen molar-refractivity contribution in [2.45, 2.75) is 76.8 Å². The van der Waals surface area contributed by atoms with E-state index in [-0.39, 0.29) is 11.5 Å². The van der Waals surface area contributed by atoms with Gasteiger partial charge in [0.25, 0.3) is 0 Å². The van der Waals surface area contributed by atoms with Gasteiger partial charge in [0, 0.05) is 5.57 Å². The van der Waals surface area contributed by atoms with E-state index in [1.54, 1.807) is 0 Å². The summed E-state index contributed by atoms with van der Waals surface area (Å²) in [6, 6.07) is 0. The highest BCUT2D eigenvalue weighted by Crippen LogP contribution is 2.44. The number of hydrogen-bond acceptors (Lipinski definition) is 4. The van der Waals surface area contributed by atoms with Crippen LogP contribution in [0.2, 0.25) is 0 Å². The summed E-state index contributed by atoms with van der Waals surface area (Å²) in [6.45, 7) is 10.1. The molecule has 3 rings (SSSR count). The zero-order valence-electron chi connectivity index (χ0n) is 14.9. The van der Waals surface area contributed by atoms with Crippen molar-refractivity contribution in [1.29, 1.82) is 0 Å². The second-order valence-corrected chi connectivity index (χ2v) is 7.75. The highest BCUT2D eigenvalue weighted by atomic mass is 16.6. The minimum Gasteiger partial charge on any atom is -0.454 e. The lowest BCUT2D eigenvalue weighted by Gasteiger charge is -2.22. The Kier molecular flexibility index (Phi) is 4.71. The van der Waals surface area contributed by atoms with Crippen LogP contribution >= 0.6 is 0 Å². The third-order valence-corrected chi connectivity index (χ3v) is 5.63. The molecule has 0 unspecified atom stereocenters. The number of aliphatic hydroxyl groups is 1. The van der Waals surface area contributed by atoms with Crippen LogP contribution in [0.3, 0.4) is 0 Å². The zero-order valence-corrected chi connectivity index (χ0v) is 14.9. The van der Waals surface area contributed by atoms with E-state index in [4.69, 9.17) is 9.47 Å². The molecular weight excluding hydrogens is 304 g/mol. The average Bonchev–Trinajstić information content (AvgIpc) is 3.05. The molecule has 0 spiro atoms. The summed E-state index contributed by atoms with van der Waals surface area (Å²) in [7, 11) is 0. The van der Waals surface area contributed by atoms with Gasteiger partial charge in [-0.2, -0.15) is 0 Å². The van der Waals surface area contributed by atoms with Crippen molar-refractivity contribution in [3.8, 4) is 0 Å². The van der Waals surface area contributed by atoms with Crippen LogP contribution in [0.25, 0.3) is 0 Å². The topological polar surface area (TPSA) is 59.1 Å². The molecular formula is C20H28O4. The van der Waals surface area contributed by atoms with Gasteiger partial charge >= 0.3 is 5.97 Å². The molecule has 1 N–H and O–H groups in total. The van der Waals surface area contributed by atoms with Crippen molar-refractivity contribution in [3.63, 3.8) is 0 Å². The monoisotopic (exact) mass is 332 g/mol. The number of rotatable bonds is 0. The molecule has 2 fully saturated rings. The van der Waals surface area contributed by atoms with Crippen LogP contribution in [0.4, 0.5) is 0 Å². The number of carbonyl (C=O) groups excluding carboxylic acids is 1. The molecule has 24 heavy (non-hydrogen) atoms. The number of ether oxygens (including phenoxy) is 2. The fraction of sp³-hybridized carbons (Fsp3) is 0.650. The highest BCUT2D eigenvalue weighted by molar-refractivity contribution is 5.91. The van der Waals surface area contributed by atoms with Crippen LogP contribution in [0, 0.1) is 5.92 Å². The Morgan fingerprint density at radius 3 is 2.83 bits per heavy atom. The van der Waals surface area contributed by atoms with Crippen LogP contribution in [-0.4, -0.2) is 35.0 Å². The Balaban J connectivity index is 1.83. The van der Waals surface area contributed by atoms with E-state index in [1.807, 2.05) is 13.0 Å². The van der Waals surface area contributed by atoms with Crippen molar-refractivity contribution in [2.24, 2.45) is 5.92 Å². The maximum absolute atomic E-state index is 11.9. The van der Waals surface area contributed by atoms with E-state index in [1.165, 1.54) is 5.57 Å². The quantitative estimate of drug-likeness (QED) is 0.319. The largest absolute Gasteiger partial charge is 0.454 e. The van der Waals surface area contributed by atoms with Gasteiger partial charge in [0.2, 0.25) is 0 Å². The Bertz CT molecular complexity index is 603. The van der Waals surface area contributed by atoms with Gasteiger partial charge in [0.05, 0.1) is 23.7 Å². The molecule has 0 aromatic heterocycles. The molecule has 4 nitrogen and oxygen atoms in total. The maximum atomic E-state index is 11.9. The van der Waals surface area contributed by atoms with Gasteiger partial charge in [-0.05, 0) is 59.0 Å². The second kappa shape index (κ2) is 6.49. The first-order valence-electron chi connectivity index (χ1n) is 8.89. The van der Waals surface area contributed by atoms with Crippen molar-refractivity contribution in [1.82, 2.24) is 0 Å². The van der Waals surface area contributed by atoms with E-state index in [2.05, 4.69) is 26.5 Å². The summed E-state index contributed by atoms with van der Waals surface area (Å²) in [5.74, 6) is -0.752. The SMILES string of the molecule is C=C1C(=O)O[C@H]2/C=C(\C)CC[C@H]3O[C@]3(C)CC/C=C(\C)C[C@H](O)[C@@H]12.